The second kappa shape index (κ2) is 6.55. The Morgan fingerprint density at radius 3 is 2.42 bits per heavy atom. The fourth-order valence-corrected chi connectivity index (χ4v) is 1.95. The number of nitrogens with zero attached hydrogens (tertiary/aromatic N) is 1. The van der Waals surface area contributed by atoms with Gasteiger partial charge in [0.1, 0.15) is 5.76 Å². The van der Waals surface area contributed by atoms with E-state index in [-0.39, 0.29) is 6.04 Å². The third-order valence-electron chi connectivity index (χ3n) is 3.46. The van der Waals surface area contributed by atoms with Gasteiger partial charge in [-0.1, -0.05) is 30.3 Å². The molecule has 1 aromatic heterocycles. The number of nitrogens with one attached hydrogen (secondary N) is 1. The van der Waals surface area contributed by atoms with Crippen molar-refractivity contribution in [1.29, 1.82) is 0 Å². The largest absolute Gasteiger partial charge is 0.467 e. The molecular formula is C16H22N2O. The standard InChI is InChI=1S/C16H22N2O/c1-13(18(2)3)12-17-16(15-10-7-11-19-15)14-8-5-4-6-9-14/h4-11,13,16-17H,12H2,1-3H3. The van der Waals surface area contributed by atoms with E-state index in [9.17, 15) is 0 Å². The van der Waals surface area contributed by atoms with Gasteiger partial charge in [0.05, 0.1) is 12.3 Å². The molecule has 0 aliphatic carbocycles. The summed E-state index contributed by atoms with van der Waals surface area (Å²) in [5.74, 6) is 0.956. The van der Waals surface area contributed by atoms with Gasteiger partial charge < -0.3 is 14.6 Å². The summed E-state index contributed by atoms with van der Waals surface area (Å²) in [5.41, 5.74) is 1.23. The highest BCUT2D eigenvalue weighted by atomic mass is 16.3. The molecule has 3 heteroatoms. The van der Waals surface area contributed by atoms with Crippen molar-refractivity contribution < 1.29 is 4.42 Å². The molecule has 19 heavy (non-hydrogen) atoms. The van der Waals surface area contributed by atoms with Gasteiger partial charge in [0.2, 0.25) is 0 Å². The van der Waals surface area contributed by atoms with E-state index < -0.39 is 0 Å². The Morgan fingerprint density at radius 2 is 1.84 bits per heavy atom. The molecule has 0 fully saturated rings. The van der Waals surface area contributed by atoms with Gasteiger partial charge in [-0.05, 0) is 38.7 Å². The van der Waals surface area contributed by atoms with Gasteiger partial charge in [0.25, 0.3) is 0 Å². The third-order valence-corrected chi connectivity index (χ3v) is 3.46. The van der Waals surface area contributed by atoms with Gasteiger partial charge in [0, 0.05) is 12.6 Å². The Hall–Kier alpha value is -1.58. The Balaban J connectivity index is 2.12. The summed E-state index contributed by atoms with van der Waals surface area (Å²) >= 11 is 0. The molecule has 3 nitrogen and oxygen atoms in total. The Bertz CT molecular complexity index is 465. The number of rotatable bonds is 6. The molecule has 2 atom stereocenters. The van der Waals surface area contributed by atoms with Crippen LogP contribution in [0.3, 0.4) is 0 Å². The summed E-state index contributed by atoms with van der Waals surface area (Å²) in [6, 6.07) is 14.9. The number of furan rings is 1. The molecule has 0 bridgehead atoms. The fraction of sp³-hybridized carbons (Fsp3) is 0.375. The van der Waals surface area contributed by atoms with E-state index in [1.165, 1.54) is 5.56 Å². The molecule has 2 unspecified atom stereocenters. The van der Waals surface area contributed by atoms with Gasteiger partial charge in [-0.2, -0.15) is 0 Å². The Morgan fingerprint density at radius 1 is 1.11 bits per heavy atom. The monoisotopic (exact) mass is 258 g/mol. The van der Waals surface area contributed by atoms with Crippen molar-refractivity contribution in [2.75, 3.05) is 20.6 Å². The maximum Gasteiger partial charge on any atom is 0.125 e. The molecule has 102 valence electrons. The van der Waals surface area contributed by atoms with Crippen LogP contribution in [0.1, 0.15) is 24.3 Å². The number of likely N-dealkylation sites (N-methyl/N-ethyl adjacent to an activating group) is 1. The minimum absolute atomic E-state index is 0.110. The fourth-order valence-electron chi connectivity index (χ4n) is 1.95. The van der Waals surface area contributed by atoms with Crippen molar-refractivity contribution in [2.45, 2.75) is 19.0 Å². The second-order valence-corrected chi connectivity index (χ2v) is 5.08. The number of hydrogen-bond donors (Lipinski definition) is 1. The molecule has 2 aromatic rings. The Labute approximate surface area is 115 Å². The van der Waals surface area contributed by atoms with Crippen LogP contribution >= 0.6 is 0 Å². The van der Waals surface area contributed by atoms with Crippen LogP contribution in [0.4, 0.5) is 0 Å². The quantitative estimate of drug-likeness (QED) is 0.863. The summed E-state index contributed by atoms with van der Waals surface area (Å²) in [6.07, 6.45) is 1.72. The number of hydrogen-bond acceptors (Lipinski definition) is 3. The smallest absolute Gasteiger partial charge is 0.125 e. The normalized spacial score (nSPS) is 14.5. The predicted octanol–water partition coefficient (Wildman–Crippen LogP) is 2.91. The summed E-state index contributed by atoms with van der Waals surface area (Å²) in [7, 11) is 4.19. The van der Waals surface area contributed by atoms with E-state index in [2.05, 4.69) is 55.5 Å². The van der Waals surface area contributed by atoms with E-state index in [4.69, 9.17) is 4.42 Å². The van der Waals surface area contributed by atoms with Gasteiger partial charge in [-0.25, -0.2) is 0 Å². The molecule has 0 aliphatic heterocycles. The molecule has 0 saturated carbocycles. The zero-order valence-corrected chi connectivity index (χ0v) is 11.8. The van der Waals surface area contributed by atoms with Crippen LogP contribution in [0.2, 0.25) is 0 Å². The minimum atomic E-state index is 0.110. The molecule has 0 radical (unpaired) electrons. The van der Waals surface area contributed by atoms with Crippen LogP contribution in [0.5, 0.6) is 0 Å². The van der Waals surface area contributed by atoms with E-state index in [0.29, 0.717) is 6.04 Å². The highest BCUT2D eigenvalue weighted by Crippen LogP contribution is 2.22. The van der Waals surface area contributed by atoms with Crippen molar-refractivity contribution in [3.05, 3.63) is 60.1 Å². The first-order valence-corrected chi connectivity index (χ1v) is 6.66. The van der Waals surface area contributed by atoms with E-state index in [0.717, 1.165) is 12.3 Å². The van der Waals surface area contributed by atoms with Crippen LogP contribution in [0, 0.1) is 0 Å². The predicted molar refractivity (Wildman–Crippen MR) is 78.1 cm³/mol. The van der Waals surface area contributed by atoms with Gasteiger partial charge in [-0.3, -0.25) is 0 Å². The maximum atomic E-state index is 5.57. The van der Waals surface area contributed by atoms with Gasteiger partial charge in [0.15, 0.2) is 0 Å². The average Bonchev–Trinajstić information content (AvgIpc) is 2.94. The molecular weight excluding hydrogens is 236 g/mol. The maximum absolute atomic E-state index is 5.57. The second-order valence-electron chi connectivity index (χ2n) is 5.08. The van der Waals surface area contributed by atoms with Crippen LogP contribution in [0.25, 0.3) is 0 Å². The van der Waals surface area contributed by atoms with Crippen LogP contribution in [-0.4, -0.2) is 31.6 Å². The summed E-state index contributed by atoms with van der Waals surface area (Å²) < 4.78 is 5.57. The van der Waals surface area contributed by atoms with Crippen molar-refractivity contribution in [3.63, 3.8) is 0 Å². The van der Waals surface area contributed by atoms with Crippen LogP contribution < -0.4 is 5.32 Å². The first kappa shape index (κ1) is 13.8. The van der Waals surface area contributed by atoms with Crippen LogP contribution in [0.15, 0.2) is 53.1 Å². The average molecular weight is 258 g/mol. The van der Waals surface area contributed by atoms with E-state index >= 15 is 0 Å². The first-order valence-electron chi connectivity index (χ1n) is 6.66. The highest BCUT2D eigenvalue weighted by molar-refractivity contribution is 5.26. The first-order chi connectivity index (χ1) is 9.18. The third kappa shape index (κ3) is 3.69. The lowest BCUT2D eigenvalue weighted by Crippen LogP contribution is -2.37. The molecule has 2 rings (SSSR count). The van der Waals surface area contributed by atoms with Gasteiger partial charge >= 0.3 is 0 Å². The topological polar surface area (TPSA) is 28.4 Å². The van der Waals surface area contributed by atoms with E-state index in [1.54, 1.807) is 6.26 Å². The molecule has 0 amide bonds. The van der Waals surface area contributed by atoms with Crippen molar-refractivity contribution >= 4 is 0 Å². The van der Waals surface area contributed by atoms with Gasteiger partial charge in [-0.15, -0.1) is 0 Å². The molecule has 0 aliphatic rings. The van der Waals surface area contributed by atoms with Crippen molar-refractivity contribution in [1.82, 2.24) is 10.2 Å². The van der Waals surface area contributed by atoms with E-state index in [1.807, 2.05) is 18.2 Å². The summed E-state index contributed by atoms with van der Waals surface area (Å²) in [4.78, 5) is 2.21. The lowest BCUT2D eigenvalue weighted by molar-refractivity contribution is 0.293. The molecule has 1 heterocycles. The van der Waals surface area contributed by atoms with Crippen molar-refractivity contribution in [3.8, 4) is 0 Å². The molecule has 0 spiro atoms. The summed E-state index contributed by atoms with van der Waals surface area (Å²) in [6.45, 7) is 3.12. The van der Waals surface area contributed by atoms with Crippen LogP contribution in [-0.2, 0) is 0 Å². The van der Waals surface area contributed by atoms with Crippen molar-refractivity contribution in [2.24, 2.45) is 0 Å². The Kier molecular flexibility index (Phi) is 4.77. The molecule has 0 saturated heterocycles. The lowest BCUT2D eigenvalue weighted by atomic mass is 10.0. The zero-order valence-electron chi connectivity index (χ0n) is 11.8. The summed E-state index contributed by atoms with van der Waals surface area (Å²) in [5, 5.41) is 3.58. The minimum Gasteiger partial charge on any atom is -0.467 e. The molecule has 1 N–H and O–H groups in total. The zero-order chi connectivity index (χ0) is 13.7. The lowest BCUT2D eigenvalue weighted by Gasteiger charge is -2.24. The number of benzene rings is 1. The highest BCUT2D eigenvalue weighted by Gasteiger charge is 2.17. The molecule has 1 aromatic carbocycles. The SMILES string of the molecule is CC(CNC(c1ccccc1)c1ccco1)N(C)C.